The number of carbonyl (C=O) groups is 2. The molecule has 0 aromatic heterocycles. The van der Waals surface area contributed by atoms with Gasteiger partial charge >= 0.3 is 5.97 Å². The Bertz CT molecular complexity index is 508. The molecule has 1 amide bonds. The molecule has 1 atom stereocenters. The molecule has 4 nitrogen and oxygen atoms in total. The lowest BCUT2D eigenvalue weighted by molar-refractivity contribution is -0.137. The van der Waals surface area contributed by atoms with Crippen molar-refractivity contribution in [2.75, 3.05) is 6.54 Å². The molecular weight excluding hydrogens is 296 g/mol. The zero-order valence-corrected chi connectivity index (χ0v) is 11.6. The van der Waals surface area contributed by atoms with Crippen LogP contribution in [0.25, 0.3) is 0 Å². The molecule has 1 rings (SSSR count). The van der Waals surface area contributed by atoms with Crippen molar-refractivity contribution in [1.82, 2.24) is 5.32 Å². The number of aliphatic carboxylic acids is 1. The van der Waals surface area contributed by atoms with Crippen molar-refractivity contribution in [3.8, 4) is 0 Å². The molecule has 104 valence electrons. The van der Waals surface area contributed by atoms with Gasteiger partial charge in [0.2, 0.25) is 0 Å². The highest BCUT2D eigenvalue weighted by Crippen LogP contribution is 2.24. The van der Waals surface area contributed by atoms with Gasteiger partial charge in [-0.3, -0.25) is 9.59 Å². The van der Waals surface area contributed by atoms with E-state index in [0.29, 0.717) is 0 Å². The zero-order chi connectivity index (χ0) is 14.6. The number of carbonyl (C=O) groups excluding carboxylic acids is 1. The molecule has 0 radical (unpaired) electrons. The molecule has 2 N–H and O–H groups in total. The van der Waals surface area contributed by atoms with Gasteiger partial charge in [0.15, 0.2) is 0 Å². The molecule has 0 saturated carbocycles. The molecule has 0 aliphatic rings. The molecule has 0 bridgehead atoms. The summed E-state index contributed by atoms with van der Waals surface area (Å²) in [6.45, 7) is 1.84. The number of hydrogen-bond donors (Lipinski definition) is 2. The van der Waals surface area contributed by atoms with Gasteiger partial charge in [-0.2, -0.15) is 0 Å². The number of halogens is 3. The highest BCUT2D eigenvalue weighted by Gasteiger charge is 2.15. The third-order valence-corrected chi connectivity index (χ3v) is 2.99. The summed E-state index contributed by atoms with van der Waals surface area (Å²) in [6.07, 6.45) is -0.0665. The Labute approximate surface area is 119 Å². The summed E-state index contributed by atoms with van der Waals surface area (Å²) in [6, 6.07) is 2.09. The largest absolute Gasteiger partial charge is 0.481 e. The number of carboxylic acid groups (broad SMARTS) is 1. The van der Waals surface area contributed by atoms with E-state index < -0.39 is 17.7 Å². The van der Waals surface area contributed by atoms with Crippen molar-refractivity contribution in [2.45, 2.75) is 13.3 Å². The van der Waals surface area contributed by atoms with E-state index in [-0.39, 0.29) is 34.5 Å². The predicted molar refractivity (Wildman–Crippen MR) is 70.2 cm³/mol. The summed E-state index contributed by atoms with van der Waals surface area (Å²) in [5.74, 6) is -2.50. The normalized spacial score (nSPS) is 12.0. The lowest BCUT2D eigenvalue weighted by Crippen LogP contribution is -2.29. The zero-order valence-electron chi connectivity index (χ0n) is 10.0. The molecule has 0 saturated heterocycles. The van der Waals surface area contributed by atoms with Crippen LogP contribution in [0, 0.1) is 11.7 Å². The number of hydrogen-bond acceptors (Lipinski definition) is 2. The van der Waals surface area contributed by atoms with E-state index in [0.717, 1.165) is 12.1 Å². The quantitative estimate of drug-likeness (QED) is 0.822. The van der Waals surface area contributed by atoms with Gasteiger partial charge in [-0.25, -0.2) is 4.39 Å². The van der Waals surface area contributed by atoms with Gasteiger partial charge in [0, 0.05) is 13.0 Å². The summed E-state index contributed by atoms with van der Waals surface area (Å²) in [5, 5.41) is 10.9. The van der Waals surface area contributed by atoms with Gasteiger partial charge in [0.05, 0.1) is 15.6 Å². The summed E-state index contributed by atoms with van der Waals surface area (Å²) >= 11 is 11.3. The van der Waals surface area contributed by atoms with Gasteiger partial charge in [-0.1, -0.05) is 30.1 Å². The minimum atomic E-state index is -0.947. The third-order valence-electron chi connectivity index (χ3n) is 2.39. The minimum absolute atomic E-state index is 0.0360. The molecule has 0 fully saturated rings. The molecule has 7 heteroatoms. The van der Waals surface area contributed by atoms with Crippen LogP contribution >= 0.6 is 23.2 Å². The molecule has 1 aromatic rings. The Kier molecular flexibility index (Phi) is 5.57. The molecular formula is C12H12Cl2FNO3. The average Bonchev–Trinajstić information content (AvgIpc) is 2.30. The van der Waals surface area contributed by atoms with Crippen LogP contribution in [0.1, 0.15) is 23.7 Å². The first-order valence-electron chi connectivity index (χ1n) is 5.45. The SMILES string of the molecule is CC(CNC(=O)c1cc(F)c(Cl)cc1Cl)CC(=O)O. The van der Waals surface area contributed by atoms with E-state index in [2.05, 4.69) is 5.32 Å². The maximum Gasteiger partial charge on any atom is 0.303 e. The Balaban J connectivity index is 2.69. The fourth-order valence-electron chi connectivity index (χ4n) is 1.43. The van der Waals surface area contributed by atoms with Crippen LogP contribution in [-0.4, -0.2) is 23.5 Å². The van der Waals surface area contributed by atoms with Crippen LogP contribution in [0.15, 0.2) is 12.1 Å². The first-order chi connectivity index (χ1) is 8.81. The molecule has 0 aliphatic heterocycles. The number of carboxylic acids is 1. The molecule has 1 aromatic carbocycles. The third kappa shape index (κ3) is 4.69. The molecule has 19 heavy (non-hydrogen) atoms. The van der Waals surface area contributed by atoms with Crippen molar-refractivity contribution >= 4 is 35.1 Å². The number of benzene rings is 1. The van der Waals surface area contributed by atoms with Crippen molar-refractivity contribution in [2.24, 2.45) is 5.92 Å². The summed E-state index contributed by atoms with van der Waals surface area (Å²) < 4.78 is 13.2. The Morgan fingerprint density at radius 1 is 1.37 bits per heavy atom. The summed E-state index contributed by atoms with van der Waals surface area (Å²) in [5.41, 5.74) is -0.0360. The molecule has 0 aliphatic carbocycles. The topological polar surface area (TPSA) is 66.4 Å². The predicted octanol–water partition coefficient (Wildman–Crippen LogP) is 2.97. The van der Waals surface area contributed by atoms with Crippen molar-refractivity contribution in [3.63, 3.8) is 0 Å². The Morgan fingerprint density at radius 3 is 2.58 bits per heavy atom. The van der Waals surface area contributed by atoms with Crippen LogP contribution in [0.4, 0.5) is 4.39 Å². The Morgan fingerprint density at radius 2 is 2.00 bits per heavy atom. The van der Waals surface area contributed by atoms with Crippen molar-refractivity contribution in [1.29, 1.82) is 0 Å². The minimum Gasteiger partial charge on any atom is -0.481 e. The first kappa shape index (κ1) is 15.7. The first-order valence-corrected chi connectivity index (χ1v) is 6.21. The van der Waals surface area contributed by atoms with Gasteiger partial charge in [0.25, 0.3) is 5.91 Å². The van der Waals surface area contributed by atoms with Gasteiger partial charge in [0.1, 0.15) is 5.82 Å². The number of amides is 1. The molecule has 0 spiro atoms. The van der Waals surface area contributed by atoms with Gasteiger partial charge in [-0.05, 0) is 18.1 Å². The maximum absolute atomic E-state index is 13.2. The number of rotatable bonds is 5. The smallest absolute Gasteiger partial charge is 0.303 e. The molecule has 0 heterocycles. The van der Waals surface area contributed by atoms with E-state index in [1.807, 2.05) is 0 Å². The number of nitrogens with one attached hydrogen (secondary N) is 1. The van der Waals surface area contributed by atoms with Crippen LogP contribution in [0.3, 0.4) is 0 Å². The highest BCUT2D eigenvalue weighted by atomic mass is 35.5. The second kappa shape index (κ2) is 6.73. The lowest BCUT2D eigenvalue weighted by Gasteiger charge is -2.11. The maximum atomic E-state index is 13.2. The summed E-state index contributed by atoms with van der Waals surface area (Å²) in [7, 11) is 0. The second-order valence-electron chi connectivity index (χ2n) is 4.16. The van der Waals surface area contributed by atoms with Crippen molar-refractivity contribution in [3.05, 3.63) is 33.6 Å². The fraction of sp³-hybridized carbons (Fsp3) is 0.333. The monoisotopic (exact) mass is 307 g/mol. The second-order valence-corrected chi connectivity index (χ2v) is 4.97. The van der Waals surface area contributed by atoms with Gasteiger partial charge < -0.3 is 10.4 Å². The van der Waals surface area contributed by atoms with E-state index in [9.17, 15) is 14.0 Å². The van der Waals surface area contributed by atoms with Crippen LogP contribution < -0.4 is 5.32 Å². The van der Waals surface area contributed by atoms with Gasteiger partial charge in [-0.15, -0.1) is 0 Å². The van der Waals surface area contributed by atoms with Crippen LogP contribution in [-0.2, 0) is 4.79 Å². The van der Waals surface area contributed by atoms with E-state index in [1.54, 1.807) is 6.92 Å². The summed E-state index contributed by atoms with van der Waals surface area (Å²) in [4.78, 5) is 22.2. The lowest BCUT2D eigenvalue weighted by atomic mass is 10.1. The standard InChI is InChI=1S/C12H12Cl2FNO3/c1-6(2-11(17)18)5-16-12(19)7-3-10(15)9(14)4-8(7)13/h3-4,6H,2,5H2,1H3,(H,16,19)(H,17,18). The van der Waals surface area contributed by atoms with Crippen LogP contribution in [0.5, 0.6) is 0 Å². The Hall–Kier alpha value is -1.33. The molecule has 1 unspecified atom stereocenters. The van der Waals surface area contributed by atoms with E-state index in [4.69, 9.17) is 28.3 Å². The fourth-order valence-corrected chi connectivity index (χ4v) is 1.90. The highest BCUT2D eigenvalue weighted by molar-refractivity contribution is 6.36. The van der Waals surface area contributed by atoms with E-state index >= 15 is 0 Å². The van der Waals surface area contributed by atoms with E-state index in [1.165, 1.54) is 0 Å². The average molecular weight is 308 g/mol. The van der Waals surface area contributed by atoms with Crippen molar-refractivity contribution < 1.29 is 19.1 Å². The van der Waals surface area contributed by atoms with Crippen LogP contribution in [0.2, 0.25) is 10.0 Å².